The van der Waals surface area contributed by atoms with Crippen LogP contribution in [-0.4, -0.2) is 0 Å². The van der Waals surface area contributed by atoms with Crippen LogP contribution in [0, 0.1) is 0 Å². The van der Waals surface area contributed by atoms with E-state index >= 15 is 0 Å². The molecule has 12 aromatic rings. The molecule has 0 aliphatic heterocycles. The number of fused-ring (bicyclic) bond motifs is 11. The zero-order valence-electron chi connectivity index (χ0n) is 48.6. The molecule has 0 saturated heterocycles. The van der Waals surface area contributed by atoms with E-state index in [1.165, 1.54) is 131 Å². The van der Waals surface area contributed by atoms with Gasteiger partial charge in [-0.1, -0.05) is 196 Å². The van der Waals surface area contributed by atoms with Crippen molar-refractivity contribution in [3.05, 3.63) is 313 Å². The lowest BCUT2D eigenvalue weighted by Gasteiger charge is -2.37. The summed E-state index contributed by atoms with van der Waals surface area (Å²) in [6, 6.07) is 109. The highest BCUT2D eigenvalue weighted by atomic mass is 15.2. The number of anilines is 12. The molecule has 12 aromatic carbocycles. The van der Waals surface area contributed by atoms with Crippen molar-refractivity contribution in [1.82, 2.24) is 0 Å². The normalized spacial score (nSPS) is 14.9. The first-order chi connectivity index (χ1) is 42.6. The third-order valence-corrected chi connectivity index (χ3v) is 19.6. The molecule has 2 spiro atoms. The van der Waals surface area contributed by atoms with E-state index in [1.807, 2.05) is 0 Å². The van der Waals surface area contributed by atoms with Crippen molar-refractivity contribution >= 4 is 79.0 Å². The van der Waals surface area contributed by atoms with Gasteiger partial charge in [0.05, 0.1) is 11.4 Å². The van der Waals surface area contributed by atoms with Crippen LogP contribution in [-0.2, 0) is 10.8 Å². The maximum absolute atomic E-state index is 2.57. The quantitative estimate of drug-likeness (QED) is 0.121. The maximum atomic E-state index is 2.57. The van der Waals surface area contributed by atoms with Crippen LogP contribution in [0.15, 0.2) is 291 Å². The van der Waals surface area contributed by atoms with Crippen molar-refractivity contribution in [3.8, 4) is 22.3 Å². The van der Waals surface area contributed by atoms with Crippen LogP contribution < -0.4 is 19.6 Å². The Morgan fingerprint density at radius 1 is 0.198 bits per heavy atom. The smallest absolute Gasteiger partial charge is 0.0541 e. The molecule has 0 radical (unpaired) electrons. The second-order valence-electron chi connectivity index (χ2n) is 24.2. The average molecular weight is 1110 g/mol. The van der Waals surface area contributed by atoms with Gasteiger partial charge in [0, 0.05) is 78.5 Å². The van der Waals surface area contributed by atoms with Gasteiger partial charge in [-0.15, -0.1) is 0 Å². The lowest BCUT2D eigenvalue weighted by Crippen LogP contribution is -2.28. The molecule has 416 valence electrons. The Kier molecular flexibility index (Phi) is 13.0. The van der Waals surface area contributed by atoms with Gasteiger partial charge in [0.25, 0.3) is 0 Å². The molecule has 0 unspecified atom stereocenters. The SMILES string of the molecule is c1ccc(N(c2ccccc2)c2ccc(N(c3ccc4c(c3)C3(CCCCC3)c3ccccc3-4)c3ccc(N(c4ccc(N(c5ccccc5)c5ccccc5)cc4)c4ccc5c(c4)C4(CCCCC4)c4ccccc4-5)c4ccccc34)cc2)cc1. The van der Waals surface area contributed by atoms with Gasteiger partial charge >= 0.3 is 0 Å². The van der Waals surface area contributed by atoms with Crippen molar-refractivity contribution in [2.24, 2.45) is 0 Å². The zero-order valence-corrected chi connectivity index (χ0v) is 48.6. The van der Waals surface area contributed by atoms with Crippen LogP contribution in [0.2, 0.25) is 0 Å². The second-order valence-corrected chi connectivity index (χ2v) is 24.2. The first-order valence-electron chi connectivity index (χ1n) is 31.3. The summed E-state index contributed by atoms with van der Waals surface area (Å²) < 4.78 is 0. The lowest BCUT2D eigenvalue weighted by molar-refractivity contribution is 0.353. The van der Waals surface area contributed by atoms with Gasteiger partial charge in [-0.3, -0.25) is 0 Å². The summed E-state index contributed by atoms with van der Waals surface area (Å²) in [6.07, 6.45) is 12.2. The van der Waals surface area contributed by atoms with Crippen molar-refractivity contribution in [2.75, 3.05) is 19.6 Å². The van der Waals surface area contributed by atoms with Crippen LogP contribution in [0.1, 0.15) is 86.5 Å². The monoisotopic (exact) mass is 1110 g/mol. The van der Waals surface area contributed by atoms with Crippen molar-refractivity contribution in [3.63, 3.8) is 0 Å². The Bertz CT molecular complexity index is 4050. The summed E-state index contributed by atoms with van der Waals surface area (Å²) in [5.41, 5.74) is 25.0. The molecule has 2 fully saturated rings. The zero-order chi connectivity index (χ0) is 57.0. The third-order valence-electron chi connectivity index (χ3n) is 19.6. The highest BCUT2D eigenvalue weighted by molar-refractivity contribution is 6.08. The molecule has 0 aromatic heterocycles. The van der Waals surface area contributed by atoms with Crippen molar-refractivity contribution in [2.45, 2.75) is 75.0 Å². The predicted octanol–water partition coefficient (Wildman–Crippen LogP) is 23.2. The summed E-state index contributed by atoms with van der Waals surface area (Å²) in [5, 5.41) is 2.36. The molecule has 4 heteroatoms. The minimum absolute atomic E-state index is 0.00376. The van der Waals surface area contributed by atoms with Gasteiger partial charge < -0.3 is 19.6 Å². The fourth-order valence-electron chi connectivity index (χ4n) is 15.8. The number of hydrogen-bond acceptors (Lipinski definition) is 4. The summed E-state index contributed by atoms with van der Waals surface area (Å²) in [6.45, 7) is 0. The Morgan fingerprint density at radius 2 is 0.465 bits per heavy atom. The number of hydrogen-bond donors (Lipinski definition) is 0. The third kappa shape index (κ3) is 8.64. The molecule has 86 heavy (non-hydrogen) atoms. The Labute approximate surface area is 506 Å². The Morgan fingerprint density at radius 3 is 0.814 bits per heavy atom. The van der Waals surface area contributed by atoms with E-state index in [0.29, 0.717) is 0 Å². The molecule has 0 amide bonds. The Balaban J connectivity index is 0.885. The van der Waals surface area contributed by atoms with Gasteiger partial charge in [-0.05, 0) is 204 Å². The van der Waals surface area contributed by atoms with E-state index in [9.17, 15) is 0 Å². The number of rotatable bonds is 12. The first-order valence-corrected chi connectivity index (χ1v) is 31.3. The molecule has 4 aliphatic rings. The van der Waals surface area contributed by atoms with Gasteiger partial charge in [0.2, 0.25) is 0 Å². The standard InChI is InChI=1S/C82H68N4/c1-7-25-59(26-8-1)83(60-27-9-2-10-28-60)63-39-43-65(44-40-63)85(67-47-49-71-69-33-17-19-37-75(69)81(77(71)57-67)53-21-5-22-54-81)79-51-52-80(74-36-16-15-35-73(74)79)86(66-45-41-64(42-46-66)84(61-29-11-3-12-30-61)62-31-13-4-14-32-62)68-48-50-72-70-34-18-20-38-76(70)82(78(72)58-68)55-23-6-24-56-82/h1-4,7-20,25-52,57-58H,5-6,21-24,53-56H2. The highest BCUT2D eigenvalue weighted by Gasteiger charge is 2.45. The Hall–Kier alpha value is -9.90. The van der Waals surface area contributed by atoms with E-state index in [1.54, 1.807) is 0 Å². The maximum Gasteiger partial charge on any atom is 0.0541 e. The molecule has 4 nitrogen and oxygen atoms in total. The van der Waals surface area contributed by atoms with Crippen LogP contribution in [0.3, 0.4) is 0 Å². The fraction of sp³-hybridized carbons (Fsp3) is 0.146. The summed E-state index contributed by atoms with van der Waals surface area (Å²) in [4.78, 5) is 9.80. The second kappa shape index (κ2) is 21.6. The van der Waals surface area contributed by atoms with E-state index in [0.717, 1.165) is 56.9 Å². The number of benzene rings is 12. The minimum atomic E-state index is -0.00376. The molecule has 0 bridgehead atoms. The molecular weight excluding hydrogens is 1040 g/mol. The molecule has 16 rings (SSSR count). The van der Waals surface area contributed by atoms with Crippen molar-refractivity contribution in [1.29, 1.82) is 0 Å². The molecule has 0 atom stereocenters. The van der Waals surface area contributed by atoms with E-state index in [4.69, 9.17) is 0 Å². The van der Waals surface area contributed by atoms with Gasteiger partial charge in [0.1, 0.15) is 0 Å². The summed E-state index contributed by atoms with van der Waals surface area (Å²) >= 11 is 0. The average Bonchev–Trinajstić information content (AvgIpc) is 1.63. The predicted molar refractivity (Wildman–Crippen MR) is 361 cm³/mol. The van der Waals surface area contributed by atoms with Crippen molar-refractivity contribution < 1.29 is 0 Å². The van der Waals surface area contributed by atoms with E-state index in [2.05, 4.69) is 311 Å². The first kappa shape index (κ1) is 51.7. The topological polar surface area (TPSA) is 13.0 Å². The minimum Gasteiger partial charge on any atom is -0.311 e. The lowest BCUT2D eigenvalue weighted by atomic mass is 9.68. The van der Waals surface area contributed by atoms with Gasteiger partial charge in [-0.25, -0.2) is 0 Å². The van der Waals surface area contributed by atoms with Crippen LogP contribution in [0.4, 0.5) is 68.2 Å². The van der Waals surface area contributed by atoms with Crippen LogP contribution in [0.25, 0.3) is 33.0 Å². The summed E-state index contributed by atoms with van der Waals surface area (Å²) in [7, 11) is 0. The van der Waals surface area contributed by atoms with Gasteiger partial charge in [-0.2, -0.15) is 0 Å². The number of nitrogens with zero attached hydrogens (tertiary/aromatic N) is 4. The largest absolute Gasteiger partial charge is 0.311 e. The summed E-state index contributed by atoms with van der Waals surface area (Å²) in [5.74, 6) is 0. The molecule has 2 saturated carbocycles. The van der Waals surface area contributed by atoms with E-state index < -0.39 is 0 Å². The van der Waals surface area contributed by atoms with E-state index in [-0.39, 0.29) is 10.8 Å². The fourth-order valence-corrected chi connectivity index (χ4v) is 15.8. The van der Waals surface area contributed by atoms with Crippen LogP contribution in [0.5, 0.6) is 0 Å². The molecular formula is C82H68N4. The van der Waals surface area contributed by atoms with Gasteiger partial charge in [0.15, 0.2) is 0 Å². The molecule has 0 N–H and O–H groups in total. The highest BCUT2D eigenvalue weighted by Crippen LogP contribution is 2.59. The van der Waals surface area contributed by atoms with Crippen LogP contribution >= 0.6 is 0 Å². The molecule has 0 heterocycles. The number of para-hydroxylation sites is 4. The molecule has 4 aliphatic carbocycles.